The Kier molecular flexibility index (Phi) is 5.51. The van der Waals surface area contributed by atoms with Crippen molar-refractivity contribution in [1.29, 1.82) is 0 Å². The van der Waals surface area contributed by atoms with Crippen LogP contribution in [-0.2, 0) is 17.8 Å². The van der Waals surface area contributed by atoms with Gasteiger partial charge < -0.3 is 10.1 Å². The van der Waals surface area contributed by atoms with Crippen molar-refractivity contribution in [2.45, 2.75) is 26.1 Å². The topological polar surface area (TPSA) is 93.9 Å². The van der Waals surface area contributed by atoms with Gasteiger partial charge >= 0.3 is 0 Å². The predicted octanol–water partition coefficient (Wildman–Crippen LogP) is 2.57. The molecule has 1 aliphatic rings. The zero-order valence-electron chi connectivity index (χ0n) is 17.3. The molecule has 4 heterocycles. The minimum absolute atomic E-state index is 0.00366. The second-order valence-corrected chi connectivity index (χ2v) is 7.66. The smallest absolute Gasteiger partial charge is 0.183 e. The molecule has 0 spiro atoms. The number of aromatic nitrogens is 6. The summed E-state index contributed by atoms with van der Waals surface area (Å²) in [6.45, 7) is 5.78. The Hall–Kier alpha value is -3.43. The number of morpholine rings is 1. The zero-order valence-corrected chi connectivity index (χ0v) is 17.3. The number of nitrogens with one attached hydrogen (secondary N) is 1. The molecule has 158 valence electrons. The van der Waals surface area contributed by atoms with Crippen molar-refractivity contribution < 1.29 is 4.74 Å². The third kappa shape index (κ3) is 4.52. The van der Waals surface area contributed by atoms with Crippen LogP contribution >= 0.6 is 0 Å². The SMILES string of the molecule is Cc1cccc(CN2CCO[C@@H](Cn3nnc4c(Nc5ccccc5)ncnc43)C2)n1. The van der Waals surface area contributed by atoms with Crippen LogP contribution in [0.25, 0.3) is 11.2 Å². The summed E-state index contributed by atoms with van der Waals surface area (Å²) in [5.74, 6) is 0.638. The summed E-state index contributed by atoms with van der Waals surface area (Å²) < 4.78 is 7.81. The van der Waals surface area contributed by atoms with E-state index >= 15 is 0 Å². The van der Waals surface area contributed by atoms with Crippen molar-refractivity contribution in [1.82, 2.24) is 34.8 Å². The number of ether oxygens (including phenoxy) is 1. The minimum Gasteiger partial charge on any atom is -0.374 e. The van der Waals surface area contributed by atoms with Crippen LogP contribution in [0.4, 0.5) is 11.5 Å². The van der Waals surface area contributed by atoms with E-state index in [2.05, 4.69) is 47.6 Å². The summed E-state index contributed by atoms with van der Waals surface area (Å²) in [5.41, 5.74) is 4.39. The monoisotopic (exact) mass is 416 g/mol. The van der Waals surface area contributed by atoms with E-state index in [1.54, 1.807) is 4.68 Å². The third-order valence-corrected chi connectivity index (χ3v) is 5.27. The number of hydrogen-bond acceptors (Lipinski definition) is 8. The maximum Gasteiger partial charge on any atom is 0.183 e. The van der Waals surface area contributed by atoms with Crippen molar-refractivity contribution in [3.8, 4) is 0 Å². The lowest BCUT2D eigenvalue weighted by molar-refractivity contribution is -0.0402. The molecule has 1 aromatic carbocycles. The summed E-state index contributed by atoms with van der Waals surface area (Å²) in [7, 11) is 0. The van der Waals surface area contributed by atoms with Crippen molar-refractivity contribution in [2.24, 2.45) is 0 Å². The van der Waals surface area contributed by atoms with Gasteiger partial charge in [0.25, 0.3) is 0 Å². The van der Waals surface area contributed by atoms with Crippen molar-refractivity contribution in [3.63, 3.8) is 0 Å². The molecule has 5 rings (SSSR count). The maximum absolute atomic E-state index is 6.01. The number of aryl methyl sites for hydroxylation is 1. The van der Waals surface area contributed by atoms with Crippen molar-refractivity contribution in [2.75, 3.05) is 25.0 Å². The average molecular weight is 416 g/mol. The number of benzene rings is 1. The van der Waals surface area contributed by atoms with Gasteiger partial charge in [0.1, 0.15) is 6.33 Å². The van der Waals surface area contributed by atoms with E-state index in [0.717, 1.165) is 36.7 Å². The maximum atomic E-state index is 6.01. The van der Waals surface area contributed by atoms with Gasteiger partial charge in [-0.25, -0.2) is 14.6 Å². The predicted molar refractivity (Wildman–Crippen MR) is 117 cm³/mol. The Morgan fingerprint density at radius 3 is 2.87 bits per heavy atom. The van der Waals surface area contributed by atoms with Gasteiger partial charge in [-0.2, -0.15) is 0 Å². The van der Waals surface area contributed by atoms with E-state index in [1.807, 2.05) is 43.3 Å². The highest BCUT2D eigenvalue weighted by Crippen LogP contribution is 2.21. The van der Waals surface area contributed by atoms with Gasteiger partial charge in [-0.15, -0.1) is 5.10 Å². The number of pyridine rings is 1. The van der Waals surface area contributed by atoms with Gasteiger partial charge in [-0.05, 0) is 31.2 Å². The van der Waals surface area contributed by atoms with Gasteiger partial charge in [-0.3, -0.25) is 9.88 Å². The molecule has 1 fully saturated rings. The summed E-state index contributed by atoms with van der Waals surface area (Å²) in [4.78, 5) is 15.7. The highest BCUT2D eigenvalue weighted by molar-refractivity contribution is 5.84. The van der Waals surface area contributed by atoms with Gasteiger partial charge in [0, 0.05) is 31.0 Å². The minimum atomic E-state index is 0.00366. The first-order chi connectivity index (χ1) is 15.2. The molecule has 1 atom stereocenters. The molecule has 4 aromatic rings. The Bertz CT molecular complexity index is 1160. The van der Waals surface area contributed by atoms with Crippen LogP contribution in [0.5, 0.6) is 0 Å². The van der Waals surface area contributed by atoms with Gasteiger partial charge in [0.15, 0.2) is 17.0 Å². The fourth-order valence-electron chi connectivity index (χ4n) is 3.81. The molecule has 0 amide bonds. The second-order valence-electron chi connectivity index (χ2n) is 7.66. The Morgan fingerprint density at radius 2 is 2.00 bits per heavy atom. The van der Waals surface area contributed by atoms with Gasteiger partial charge in [0.05, 0.1) is 24.9 Å². The van der Waals surface area contributed by atoms with Crippen LogP contribution in [-0.4, -0.2) is 60.6 Å². The standard InChI is InChI=1S/C22H24N8O/c1-16-6-5-9-18(25-16)12-29-10-11-31-19(13-29)14-30-22-20(27-28-30)21(23-15-24-22)26-17-7-3-2-4-8-17/h2-9,15,19H,10-14H2,1H3,(H,23,24,26)/t19-/m1/s1. The number of nitrogens with zero attached hydrogens (tertiary/aromatic N) is 7. The zero-order chi connectivity index (χ0) is 21.0. The van der Waals surface area contributed by atoms with E-state index < -0.39 is 0 Å². The highest BCUT2D eigenvalue weighted by atomic mass is 16.5. The molecule has 0 radical (unpaired) electrons. The highest BCUT2D eigenvalue weighted by Gasteiger charge is 2.23. The molecular formula is C22H24N8O. The first kappa shape index (κ1) is 19.5. The molecule has 9 heteroatoms. The van der Waals surface area contributed by atoms with Crippen LogP contribution in [0.1, 0.15) is 11.4 Å². The fraction of sp³-hybridized carbons (Fsp3) is 0.318. The summed E-state index contributed by atoms with van der Waals surface area (Å²) in [6.07, 6.45) is 1.54. The molecule has 1 aliphatic heterocycles. The second kappa shape index (κ2) is 8.75. The van der Waals surface area contributed by atoms with Crippen molar-refractivity contribution >= 4 is 22.7 Å². The molecule has 1 saturated heterocycles. The van der Waals surface area contributed by atoms with E-state index in [-0.39, 0.29) is 6.10 Å². The molecule has 0 bridgehead atoms. The number of fused-ring (bicyclic) bond motifs is 1. The number of hydrogen-bond donors (Lipinski definition) is 1. The quantitative estimate of drug-likeness (QED) is 0.513. The first-order valence-corrected chi connectivity index (χ1v) is 10.4. The summed E-state index contributed by atoms with van der Waals surface area (Å²) >= 11 is 0. The number of anilines is 2. The van der Waals surface area contributed by atoms with Gasteiger partial charge in [0.2, 0.25) is 0 Å². The van der Waals surface area contributed by atoms with Gasteiger partial charge in [-0.1, -0.05) is 29.5 Å². The molecule has 31 heavy (non-hydrogen) atoms. The molecule has 9 nitrogen and oxygen atoms in total. The summed E-state index contributed by atoms with van der Waals surface area (Å²) in [5, 5.41) is 11.9. The van der Waals surface area contributed by atoms with E-state index in [4.69, 9.17) is 4.74 Å². The van der Waals surface area contributed by atoms with E-state index in [9.17, 15) is 0 Å². The molecular weight excluding hydrogens is 392 g/mol. The van der Waals surface area contributed by atoms with E-state index in [1.165, 1.54) is 6.33 Å². The lowest BCUT2D eigenvalue weighted by Crippen LogP contribution is -2.44. The normalized spacial score (nSPS) is 17.1. The number of para-hydroxylation sites is 1. The Labute approximate surface area is 180 Å². The molecule has 3 aromatic heterocycles. The third-order valence-electron chi connectivity index (χ3n) is 5.27. The Balaban J connectivity index is 1.29. The molecule has 0 unspecified atom stereocenters. The first-order valence-electron chi connectivity index (χ1n) is 10.4. The lowest BCUT2D eigenvalue weighted by atomic mass is 10.2. The van der Waals surface area contributed by atoms with Crippen LogP contribution in [0, 0.1) is 6.92 Å². The van der Waals surface area contributed by atoms with Crippen LogP contribution in [0.2, 0.25) is 0 Å². The number of rotatable bonds is 6. The fourth-order valence-corrected chi connectivity index (χ4v) is 3.81. The van der Waals surface area contributed by atoms with E-state index in [0.29, 0.717) is 30.1 Å². The summed E-state index contributed by atoms with van der Waals surface area (Å²) in [6, 6.07) is 16.0. The van der Waals surface area contributed by atoms with Crippen LogP contribution < -0.4 is 5.32 Å². The molecule has 0 aliphatic carbocycles. The van der Waals surface area contributed by atoms with Crippen molar-refractivity contribution in [3.05, 3.63) is 66.2 Å². The van der Waals surface area contributed by atoms with Crippen LogP contribution in [0.15, 0.2) is 54.9 Å². The largest absolute Gasteiger partial charge is 0.374 e. The average Bonchev–Trinajstić information content (AvgIpc) is 3.19. The van der Waals surface area contributed by atoms with Crippen LogP contribution in [0.3, 0.4) is 0 Å². The Morgan fingerprint density at radius 1 is 1.10 bits per heavy atom. The molecule has 1 N–H and O–H groups in total. The lowest BCUT2D eigenvalue weighted by Gasteiger charge is -2.32. The molecule has 0 saturated carbocycles.